The predicted octanol–water partition coefficient (Wildman–Crippen LogP) is -2.83. The number of hydrogen-bond acceptors (Lipinski definition) is 8. The van der Waals surface area contributed by atoms with E-state index in [0.29, 0.717) is 19.4 Å². The smallest absolute Gasteiger partial charge is 0.326 e. The van der Waals surface area contributed by atoms with Crippen molar-refractivity contribution in [2.45, 2.75) is 83.0 Å². The third-order valence-electron chi connectivity index (χ3n) is 5.16. The monoisotopic (exact) mass is 501 g/mol. The molecule has 200 valence electrons. The highest BCUT2D eigenvalue weighted by atomic mass is 16.4. The van der Waals surface area contributed by atoms with Gasteiger partial charge in [0.1, 0.15) is 18.1 Å². The molecule has 35 heavy (non-hydrogen) atoms. The van der Waals surface area contributed by atoms with Crippen molar-refractivity contribution in [1.82, 2.24) is 16.0 Å². The van der Waals surface area contributed by atoms with Crippen molar-refractivity contribution >= 4 is 35.5 Å². The van der Waals surface area contributed by atoms with Crippen LogP contribution in [0.2, 0.25) is 0 Å². The number of nitrogens with two attached hydrogens (primary N) is 4. The molecule has 0 aromatic rings. The second-order valence-corrected chi connectivity index (χ2v) is 8.59. The van der Waals surface area contributed by atoms with Gasteiger partial charge in [-0.05, 0) is 44.6 Å². The summed E-state index contributed by atoms with van der Waals surface area (Å²) in [5.74, 6) is -5.24. The fourth-order valence-electron chi connectivity index (χ4n) is 3.06. The van der Waals surface area contributed by atoms with Gasteiger partial charge in [0.15, 0.2) is 0 Å². The van der Waals surface area contributed by atoms with Crippen LogP contribution in [0, 0.1) is 5.92 Å². The van der Waals surface area contributed by atoms with Crippen LogP contribution in [-0.4, -0.2) is 71.3 Å². The average molecular weight is 502 g/mol. The molecule has 0 radical (unpaired) electrons. The van der Waals surface area contributed by atoms with Crippen LogP contribution in [0.1, 0.15) is 58.8 Å². The number of rotatable bonds is 18. The van der Waals surface area contributed by atoms with E-state index in [2.05, 4.69) is 16.0 Å². The van der Waals surface area contributed by atoms with Crippen molar-refractivity contribution in [1.29, 1.82) is 0 Å². The van der Waals surface area contributed by atoms with Gasteiger partial charge in [0, 0.05) is 12.8 Å². The summed E-state index contributed by atoms with van der Waals surface area (Å²) in [7, 11) is 0. The van der Waals surface area contributed by atoms with Gasteiger partial charge in [0.2, 0.25) is 29.5 Å². The van der Waals surface area contributed by atoms with Gasteiger partial charge in [-0.3, -0.25) is 24.0 Å². The van der Waals surface area contributed by atoms with Crippen molar-refractivity contribution in [3.8, 4) is 0 Å². The first-order valence-electron chi connectivity index (χ1n) is 11.5. The van der Waals surface area contributed by atoms with E-state index < -0.39 is 65.6 Å². The second-order valence-electron chi connectivity index (χ2n) is 8.59. The Balaban J connectivity index is 5.41. The molecule has 0 aromatic carbocycles. The van der Waals surface area contributed by atoms with Crippen molar-refractivity contribution < 1.29 is 33.9 Å². The molecule has 14 nitrogen and oxygen atoms in total. The Kier molecular flexibility index (Phi) is 14.9. The molecule has 0 saturated carbocycles. The third-order valence-corrected chi connectivity index (χ3v) is 5.16. The van der Waals surface area contributed by atoms with E-state index in [9.17, 15) is 33.9 Å². The minimum atomic E-state index is -1.38. The van der Waals surface area contributed by atoms with Crippen LogP contribution in [0.25, 0.3) is 0 Å². The highest BCUT2D eigenvalue weighted by molar-refractivity contribution is 5.94. The molecule has 4 unspecified atom stereocenters. The molecular weight excluding hydrogens is 462 g/mol. The molecule has 0 aliphatic heterocycles. The zero-order valence-corrected chi connectivity index (χ0v) is 20.2. The maximum atomic E-state index is 13.0. The molecule has 0 heterocycles. The lowest BCUT2D eigenvalue weighted by molar-refractivity contribution is -0.143. The van der Waals surface area contributed by atoms with E-state index in [1.54, 1.807) is 13.8 Å². The zero-order valence-electron chi connectivity index (χ0n) is 20.2. The fraction of sp³-hybridized carbons (Fsp3) is 0.714. The molecule has 0 aliphatic rings. The normalized spacial score (nSPS) is 14.3. The highest BCUT2D eigenvalue weighted by Gasteiger charge is 2.31. The number of carbonyl (C=O) groups excluding carboxylic acids is 5. The van der Waals surface area contributed by atoms with Gasteiger partial charge in [0.25, 0.3) is 0 Å². The lowest BCUT2D eigenvalue weighted by Crippen LogP contribution is -2.58. The Morgan fingerprint density at radius 1 is 0.743 bits per heavy atom. The van der Waals surface area contributed by atoms with Crippen LogP contribution in [0.15, 0.2) is 0 Å². The molecule has 12 N–H and O–H groups in total. The number of carboxylic acids is 1. The van der Waals surface area contributed by atoms with Crippen LogP contribution in [0.3, 0.4) is 0 Å². The van der Waals surface area contributed by atoms with E-state index in [4.69, 9.17) is 22.9 Å². The van der Waals surface area contributed by atoms with Crippen molar-refractivity contribution in [2.75, 3.05) is 6.54 Å². The first-order chi connectivity index (χ1) is 16.3. The number of nitrogens with one attached hydrogen (secondary N) is 3. The summed E-state index contributed by atoms with van der Waals surface area (Å²) >= 11 is 0. The van der Waals surface area contributed by atoms with Crippen molar-refractivity contribution in [2.24, 2.45) is 28.9 Å². The minimum absolute atomic E-state index is 0.00277. The summed E-state index contributed by atoms with van der Waals surface area (Å²) in [5, 5.41) is 16.7. The van der Waals surface area contributed by atoms with E-state index >= 15 is 0 Å². The first kappa shape index (κ1) is 31.7. The summed E-state index contributed by atoms with van der Waals surface area (Å²) in [5.41, 5.74) is 21.4. The Bertz CT molecular complexity index is 760. The van der Waals surface area contributed by atoms with Gasteiger partial charge in [-0.25, -0.2) is 4.79 Å². The Morgan fingerprint density at radius 2 is 1.29 bits per heavy atom. The molecule has 0 aliphatic carbocycles. The maximum Gasteiger partial charge on any atom is 0.326 e. The molecule has 4 atom stereocenters. The largest absolute Gasteiger partial charge is 0.480 e. The first-order valence-corrected chi connectivity index (χ1v) is 11.5. The number of amides is 5. The molecule has 14 heteroatoms. The maximum absolute atomic E-state index is 13.0. The predicted molar refractivity (Wildman–Crippen MR) is 126 cm³/mol. The molecule has 0 rings (SSSR count). The highest BCUT2D eigenvalue weighted by Crippen LogP contribution is 2.08. The molecule has 0 aromatic heterocycles. The van der Waals surface area contributed by atoms with Gasteiger partial charge < -0.3 is 44.0 Å². The van der Waals surface area contributed by atoms with E-state index in [-0.39, 0.29) is 32.1 Å². The van der Waals surface area contributed by atoms with Gasteiger partial charge in [-0.2, -0.15) is 0 Å². The minimum Gasteiger partial charge on any atom is -0.480 e. The van der Waals surface area contributed by atoms with E-state index in [1.165, 1.54) is 0 Å². The number of primary amides is 2. The average Bonchev–Trinajstić information content (AvgIpc) is 2.76. The number of carbonyl (C=O) groups is 6. The van der Waals surface area contributed by atoms with Gasteiger partial charge >= 0.3 is 5.97 Å². The van der Waals surface area contributed by atoms with Crippen LogP contribution in [0.5, 0.6) is 0 Å². The number of carboxylic acid groups (broad SMARTS) is 1. The second kappa shape index (κ2) is 16.4. The fourth-order valence-corrected chi connectivity index (χ4v) is 3.06. The molecule has 5 amide bonds. The van der Waals surface area contributed by atoms with Crippen molar-refractivity contribution in [3.63, 3.8) is 0 Å². The zero-order chi connectivity index (χ0) is 27.1. The van der Waals surface area contributed by atoms with Gasteiger partial charge in [-0.1, -0.05) is 13.8 Å². The van der Waals surface area contributed by atoms with E-state index in [1.807, 2.05) is 0 Å². The SMILES string of the molecule is CC(C)C(NC(=O)C(CCCCN)NC(=O)C(N)CCC(N)=O)C(=O)NC(CCC(N)=O)C(=O)O. The Morgan fingerprint density at radius 3 is 1.77 bits per heavy atom. The molecule has 0 fully saturated rings. The summed E-state index contributed by atoms with van der Waals surface area (Å²) in [6.07, 6.45) is 0.725. The van der Waals surface area contributed by atoms with Crippen LogP contribution >= 0.6 is 0 Å². The molecule has 0 saturated heterocycles. The Labute approximate surface area is 204 Å². The topological polar surface area (TPSA) is 263 Å². The van der Waals surface area contributed by atoms with Gasteiger partial charge in [0.05, 0.1) is 6.04 Å². The summed E-state index contributed by atoms with van der Waals surface area (Å²) in [6.45, 7) is 3.66. The van der Waals surface area contributed by atoms with Crippen LogP contribution in [-0.2, 0) is 28.8 Å². The molecule has 0 spiro atoms. The van der Waals surface area contributed by atoms with Crippen LogP contribution in [0.4, 0.5) is 0 Å². The summed E-state index contributed by atoms with van der Waals surface area (Å²) in [6, 6.07) is -4.63. The molecular formula is C21H39N7O7. The molecule has 0 bridgehead atoms. The standard InChI is InChI=1S/C21H39N7O7/c1-11(2)17(20(33)27-14(21(34)35)7-9-16(25)30)28-19(32)13(5-3-4-10-22)26-18(31)12(23)6-8-15(24)29/h11-14,17H,3-10,22-23H2,1-2H3,(H2,24,29)(H2,25,30)(H,26,31)(H,27,33)(H,28,32)(H,34,35). The number of hydrogen-bond donors (Lipinski definition) is 8. The summed E-state index contributed by atoms with van der Waals surface area (Å²) in [4.78, 5) is 71.5. The quantitative estimate of drug-likeness (QED) is 0.0898. The van der Waals surface area contributed by atoms with Crippen molar-refractivity contribution in [3.05, 3.63) is 0 Å². The van der Waals surface area contributed by atoms with Crippen LogP contribution < -0.4 is 38.9 Å². The summed E-state index contributed by atoms with van der Waals surface area (Å²) < 4.78 is 0. The van der Waals surface area contributed by atoms with Gasteiger partial charge in [-0.15, -0.1) is 0 Å². The number of unbranched alkanes of at least 4 members (excludes halogenated alkanes) is 1. The Hall–Kier alpha value is -3.26. The lowest BCUT2D eigenvalue weighted by atomic mass is 10.0. The third kappa shape index (κ3) is 13.3. The lowest BCUT2D eigenvalue weighted by Gasteiger charge is -2.27. The number of aliphatic carboxylic acids is 1. The van der Waals surface area contributed by atoms with E-state index in [0.717, 1.165) is 0 Å².